The molecule has 23 heavy (non-hydrogen) atoms. The monoisotopic (exact) mass is 320 g/mol. The molecule has 0 aromatic heterocycles. The summed E-state index contributed by atoms with van der Waals surface area (Å²) in [5.74, 6) is 4.63. The van der Waals surface area contributed by atoms with Crippen LogP contribution < -0.4 is 0 Å². The fourth-order valence-electron chi connectivity index (χ4n) is 4.83. The number of amides is 1. The van der Waals surface area contributed by atoms with Crippen molar-refractivity contribution in [2.75, 3.05) is 32.7 Å². The Morgan fingerprint density at radius 1 is 1.00 bits per heavy atom. The van der Waals surface area contributed by atoms with Gasteiger partial charge < -0.3 is 9.80 Å². The zero-order valence-electron chi connectivity index (χ0n) is 15.6. The van der Waals surface area contributed by atoms with E-state index in [1.165, 1.54) is 32.5 Å². The maximum Gasteiger partial charge on any atom is 0.225 e. The highest BCUT2D eigenvalue weighted by Crippen LogP contribution is 2.36. The highest BCUT2D eigenvalue weighted by molar-refractivity contribution is 5.81. The first kappa shape index (κ1) is 17.3. The van der Waals surface area contributed by atoms with Gasteiger partial charge in [-0.25, -0.2) is 0 Å². The summed E-state index contributed by atoms with van der Waals surface area (Å²) >= 11 is 0. The molecule has 2 heterocycles. The normalized spacial score (nSPS) is 34.1. The summed E-state index contributed by atoms with van der Waals surface area (Å²) in [6.45, 7) is 15.3. The van der Waals surface area contributed by atoms with Crippen LogP contribution in [0, 0.1) is 35.5 Å². The molecule has 1 aliphatic carbocycles. The Morgan fingerprint density at radius 2 is 1.57 bits per heavy atom. The first-order valence-corrected chi connectivity index (χ1v) is 9.96. The standard InChI is InChI=1S/C20H36N2O/c1-14(2)17-7-9-21(10-8-17)13-19-15(3)11-22(12-16(19)4)20(23)18-5-6-18/h14-19H,5-13H2,1-4H3/t15-,16+,19?. The number of rotatable bonds is 4. The lowest BCUT2D eigenvalue weighted by molar-refractivity contribution is -0.136. The molecule has 1 saturated carbocycles. The Balaban J connectivity index is 1.50. The Morgan fingerprint density at radius 3 is 2.04 bits per heavy atom. The van der Waals surface area contributed by atoms with Crippen LogP contribution in [0.3, 0.4) is 0 Å². The minimum atomic E-state index is 0.376. The number of carbonyl (C=O) groups excluding carboxylic acids is 1. The molecular weight excluding hydrogens is 284 g/mol. The average Bonchev–Trinajstić information content (AvgIpc) is 3.35. The topological polar surface area (TPSA) is 23.6 Å². The second-order valence-electron chi connectivity index (χ2n) is 9.02. The van der Waals surface area contributed by atoms with Gasteiger partial charge in [0, 0.05) is 25.6 Å². The maximum absolute atomic E-state index is 12.4. The van der Waals surface area contributed by atoms with Crippen LogP contribution in [0.15, 0.2) is 0 Å². The largest absolute Gasteiger partial charge is 0.342 e. The lowest BCUT2D eigenvalue weighted by Crippen LogP contribution is -2.51. The molecule has 0 spiro atoms. The van der Waals surface area contributed by atoms with Crippen molar-refractivity contribution < 1.29 is 4.79 Å². The molecule has 3 rings (SSSR count). The predicted molar refractivity (Wildman–Crippen MR) is 95.1 cm³/mol. The van der Waals surface area contributed by atoms with Crippen LogP contribution in [-0.2, 0) is 4.79 Å². The number of piperidine rings is 2. The maximum atomic E-state index is 12.4. The van der Waals surface area contributed by atoms with Crippen LogP contribution in [0.2, 0.25) is 0 Å². The summed E-state index contributed by atoms with van der Waals surface area (Å²) in [5.41, 5.74) is 0. The van der Waals surface area contributed by atoms with Crippen molar-refractivity contribution in [1.29, 1.82) is 0 Å². The number of nitrogens with zero attached hydrogens (tertiary/aromatic N) is 2. The van der Waals surface area contributed by atoms with Crippen molar-refractivity contribution in [3.8, 4) is 0 Å². The molecule has 2 saturated heterocycles. The summed E-state index contributed by atoms with van der Waals surface area (Å²) in [6.07, 6.45) is 5.01. The van der Waals surface area contributed by atoms with Crippen LogP contribution in [-0.4, -0.2) is 48.4 Å². The minimum absolute atomic E-state index is 0.376. The molecule has 3 fully saturated rings. The van der Waals surface area contributed by atoms with E-state index in [4.69, 9.17) is 0 Å². The van der Waals surface area contributed by atoms with Crippen LogP contribution in [0.1, 0.15) is 53.4 Å². The molecule has 3 nitrogen and oxygen atoms in total. The zero-order valence-corrected chi connectivity index (χ0v) is 15.6. The molecule has 1 unspecified atom stereocenters. The molecule has 3 heteroatoms. The van der Waals surface area contributed by atoms with E-state index in [-0.39, 0.29) is 0 Å². The Bertz CT molecular complexity index is 398. The van der Waals surface area contributed by atoms with Gasteiger partial charge in [-0.15, -0.1) is 0 Å². The van der Waals surface area contributed by atoms with Gasteiger partial charge in [0.2, 0.25) is 5.91 Å². The molecular formula is C20H36N2O. The first-order valence-electron chi connectivity index (χ1n) is 9.96. The highest BCUT2D eigenvalue weighted by atomic mass is 16.2. The molecule has 1 amide bonds. The van der Waals surface area contributed by atoms with E-state index in [0.717, 1.165) is 43.7 Å². The van der Waals surface area contributed by atoms with Gasteiger partial charge >= 0.3 is 0 Å². The number of carbonyl (C=O) groups is 1. The molecule has 0 bridgehead atoms. The van der Waals surface area contributed by atoms with E-state index in [0.29, 0.717) is 23.7 Å². The number of hydrogen-bond donors (Lipinski definition) is 0. The lowest BCUT2D eigenvalue weighted by Gasteiger charge is -2.44. The van der Waals surface area contributed by atoms with Gasteiger partial charge in [-0.05, 0) is 68.4 Å². The molecule has 0 aromatic rings. The quantitative estimate of drug-likeness (QED) is 0.791. The van der Waals surface area contributed by atoms with Crippen LogP contribution in [0.25, 0.3) is 0 Å². The number of likely N-dealkylation sites (tertiary alicyclic amines) is 2. The fourth-order valence-corrected chi connectivity index (χ4v) is 4.83. The second-order valence-corrected chi connectivity index (χ2v) is 9.02. The molecule has 0 radical (unpaired) electrons. The second kappa shape index (κ2) is 7.13. The highest BCUT2D eigenvalue weighted by Gasteiger charge is 2.40. The van der Waals surface area contributed by atoms with Gasteiger partial charge in [0.05, 0.1) is 0 Å². The van der Waals surface area contributed by atoms with Crippen molar-refractivity contribution in [2.24, 2.45) is 35.5 Å². The van der Waals surface area contributed by atoms with Gasteiger partial charge in [0.25, 0.3) is 0 Å². The Hall–Kier alpha value is -0.570. The minimum Gasteiger partial charge on any atom is -0.342 e. The van der Waals surface area contributed by atoms with E-state index in [1.54, 1.807) is 0 Å². The van der Waals surface area contributed by atoms with E-state index >= 15 is 0 Å². The van der Waals surface area contributed by atoms with Gasteiger partial charge in [-0.2, -0.15) is 0 Å². The predicted octanol–water partition coefficient (Wildman–Crippen LogP) is 3.50. The van der Waals surface area contributed by atoms with Crippen molar-refractivity contribution in [3.63, 3.8) is 0 Å². The fraction of sp³-hybridized carbons (Fsp3) is 0.950. The Kier molecular flexibility index (Phi) is 5.35. The molecule has 3 aliphatic rings. The lowest BCUT2D eigenvalue weighted by atomic mass is 9.78. The Labute approximate surface area is 142 Å². The third-order valence-electron chi connectivity index (χ3n) is 6.76. The van der Waals surface area contributed by atoms with Crippen LogP contribution in [0.5, 0.6) is 0 Å². The summed E-state index contributed by atoms with van der Waals surface area (Å²) in [5, 5.41) is 0. The number of hydrogen-bond acceptors (Lipinski definition) is 2. The van der Waals surface area contributed by atoms with Gasteiger partial charge in [0.15, 0.2) is 0 Å². The van der Waals surface area contributed by atoms with Crippen molar-refractivity contribution in [2.45, 2.75) is 53.4 Å². The van der Waals surface area contributed by atoms with Gasteiger partial charge in [-0.3, -0.25) is 4.79 Å². The third-order valence-corrected chi connectivity index (χ3v) is 6.76. The zero-order chi connectivity index (χ0) is 16.6. The molecule has 132 valence electrons. The van der Waals surface area contributed by atoms with Crippen molar-refractivity contribution in [1.82, 2.24) is 9.80 Å². The summed E-state index contributed by atoms with van der Waals surface area (Å²) in [4.78, 5) is 17.2. The van der Waals surface area contributed by atoms with E-state index in [2.05, 4.69) is 37.5 Å². The third kappa shape index (κ3) is 4.10. The smallest absolute Gasteiger partial charge is 0.225 e. The van der Waals surface area contributed by atoms with Crippen molar-refractivity contribution >= 4 is 5.91 Å². The first-order chi connectivity index (χ1) is 11.0. The van der Waals surface area contributed by atoms with E-state index in [9.17, 15) is 4.79 Å². The molecule has 0 N–H and O–H groups in total. The van der Waals surface area contributed by atoms with Crippen LogP contribution >= 0.6 is 0 Å². The van der Waals surface area contributed by atoms with E-state index < -0.39 is 0 Å². The van der Waals surface area contributed by atoms with Crippen LogP contribution in [0.4, 0.5) is 0 Å². The van der Waals surface area contributed by atoms with Gasteiger partial charge in [-0.1, -0.05) is 27.7 Å². The molecule has 3 atom stereocenters. The van der Waals surface area contributed by atoms with Crippen molar-refractivity contribution in [3.05, 3.63) is 0 Å². The van der Waals surface area contributed by atoms with Gasteiger partial charge in [0.1, 0.15) is 0 Å². The SMILES string of the molecule is CC(C)C1CCN(CC2[C@H](C)CN(C(=O)C3CC3)C[C@@H]2C)CC1. The summed E-state index contributed by atoms with van der Waals surface area (Å²) < 4.78 is 0. The van der Waals surface area contributed by atoms with E-state index in [1.807, 2.05) is 0 Å². The molecule has 2 aliphatic heterocycles. The summed E-state index contributed by atoms with van der Waals surface area (Å²) in [6, 6.07) is 0. The average molecular weight is 321 g/mol. The molecule has 0 aromatic carbocycles. The summed E-state index contributed by atoms with van der Waals surface area (Å²) in [7, 11) is 0.